The number of carbonyl (C=O) groups excluding carboxylic acids is 3. The quantitative estimate of drug-likeness (QED) is 0.507. The van der Waals surface area contributed by atoms with Gasteiger partial charge in [-0.2, -0.15) is 0 Å². The van der Waals surface area contributed by atoms with Gasteiger partial charge in [0.25, 0.3) is 5.91 Å². The molecule has 2 aromatic rings. The van der Waals surface area contributed by atoms with Crippen molar-refractivity contribution in [3.8, 4) is 5.75 Å². The molecule has 1 fully saturated rings. The Hall–Kier alpha value is -3.09. The molecule has 1 aromatic carbocycles. The van der Waals surface area contributed by atoms with Crippen LogP contribution in [-0.2, 0) is 11.2 Å². The van der Waals surface area contributed by atoms with Gasteiger partial charge in [0.05, 0.1) is 0 Å². The molecule has 24 heavy (non-hydrogen) atoms. The van der Waals surface area contributed by atoms with Crippen LogP contribution in [0.25, 0.3) is 0 Å². The van der Waals surface area contributed by atoms with Crippen LogP contribution in [0, 0.1) is 13.8 Å². The average Bonchev–Trinajstić information content (AvgIpc) is 3.02. The topological polar surface area (TPSA) is 97.6 Å². The Labute approximate surface area is 138 Å². The van der Waals surface area contributed by atoms with Crippen LogP contribution in [0.1, 0.15) is 27.4 Å². The number of aryl methyl sites for hydroxylation is 2. The molecule has 1 saturated heterocycles. The van der Waals surface area contributed by atoms with E-state index in [0.29, 0.717) is 29.3 Å². The molecule has 0 radical (unpaired) electrons. The Morgan fingerprint density at radius 1 is 1.21 bits per heavy atom. The number of benzene rings is 1. The molecule has 1 aliphatic heterocycles. The fraction of sp³-hybridized carbons (Fsp3) is 0.235. The van der Waals surface area contributed by atoms with Gasteiger partial charge in [0.1, 0.15) is 28.9 Å². The van der Waals surface area contributed by atoms with E-state index in [-0.39, 0.29) is 5.91 Å². The van der Waals surface area contributed by atoms with Crippen LogP contribution >= 0.6 is 0 Å². The Morgan fingerprint density at radius 3 is 2.46 bits per heavy atom. The summed E-state index contributed by atoms with van der Waals surface area (Å²) in [4.78, 5) is 34.7. The molecular weight excluding hydrogens is 312 g/mol. The molecule has 2 N–H and O–H groups in total. The highest BCUT2D eigenvalue weighted by atomic mass is 16.5. The van der Waals surface area contributed by atoms with E-state index in [4.69, 9.17) is 9.15 Å². The number of imide groups is 1. The zero-order valence-corrected chi connectivity index (χ0v) is 13.2. The predicted molar refractivity (Wildman–Crippen MR) is 83.7 cm³/mol. The van der Waals surface area contributed by atoms with Crippen molar-refractivity contribution in [2.45, 2.75) is 26.3 Å². The summed E-state index contributed by atoms with van der Waals surface area (Å²) in [6, 6.07) is 7.34. The van der Waals surface area contributed by atoms with Crippen LogP contribution < -0.4 is 15.4 Å². The van der Waals surface area contributed by atoms with Gasteiger partial charge in [0.15, 0.2) is 0 Å². The lowest BCUT2D eigenvalue weighted by Gasteiger charge is -2.08. The summed E-state index contributed by atoms with van der Waals surface area (Å²) >= 11 is 0. The van der Waals surface area contributed by atoms with Crippen molar-refractivity contribution in [3.63, 3.8) is 0 Å². The van der Waals surface area contributed by atoms with E-state index in [2.05, 4.69) is 10.6 Å². The first-order valence-corrected chi connectivity index (χ1v) is 7.42. The van der Waals surface area contributed by atoms with Gasteiger partial charge < -0.3 is 14.5 Å². The van der Waals surface area contributed by atoms with Crippen LogP contribution in [-0.4, -0.2) is 23.9 Å². The summed E-state index contributed by atoms with van der Waals surface area (Å²) in [5, 5.41) is 4.72. The minimum Gasteiger partial charge on any atom is -0.466 e. The molecule has 3 amide bonds. The van der Waals surface area contributed by atoms with Crippen molar-refractivity contribution in [2.75, 3.05) is 0 Å². The van der Waals surface area contributed by atoms with Gasteiger partial charge in [-0.3, -0.25) is 10.1 Å². The van der Waals surface area contributed by atoms with Crippen molar-refractivity contribution in [3.05, 3.63) is 53.0 Å². The average molecular weight is 328 g/mol. The Kier molecular flexibility index (Phi) is 4.07. The third-order valence-electron chi connectivity index (χ3n) is 3.69. The molecule has 7 heteroatoms. The SMILES string of the molecule is Cc1cc(C(=O)Oc2ccc(C[C@@H]3NC(=O)NC3=O)cc2)c(C)o1. The van der Waals surface area contributed by atoms with Crippen molar-refractivity contribution in [2.24, 2.45) is 0 Å². The molecule has 0 saturated carbocycles. The molecule has 7 nitrogen and oxygen atoms in total. The molecular formula is C17H16N2O5. The van der Waals surface area contributed by atoms with Crippen molar-refractivity contribution in [1.29, 1.82) is 0 Å². The van der Waals surface area contributed by atoms with Crippen LogP contribution in [0.5, 0.6) is 5.75 Å². The number of esters is 1. The normalized spacial score (nSPS) is 16.7. The fourth-order valence-corrected chi connectivity index (χ4v) is 2.53. The number of nitrogens with one attached hydrogen (secondary N) is 2. The monoisotopic (exact) mass is 328 g/mol. The fourth-order valence-electron chi connectivity index (χ4n) is 2.53. The predicted octanol–water partition coefficient (Wildman–Crippen LogP) is 1.87. The van der Waals surface area contributed by atoms with Gasteiger partial charge in [-0.25, -0.2) is 9.59 Å². The number of hydrogen-bond acceptors (Lipinski definition) is 5. The van der Waals surface area contributed by atoms with Gasteiger partial charge in [0, 0.05) is 6.42 Å². The summed E-state index contributed by atoms with van der Waals surface area (Å²) in [5.41, 5.74) is 1.23. The van der Waals surface area contributed by atoms with Crippen molar-refractivity contribution in [1.82, 2.24) is 10.6 Å². The van der Waals surface area contributed by atoms with Gasteiger partial charge in [-0.1, -0.05) is 12.1 Å². The van der Waals surface area contributed by atoms with E-state index in [1.165, 1.54) is 0 Å². The largest absolute Gasteiger partial charge is 0.466 e. The second kappa shape index (κ2) is 6.19. The third kappa shape index (κ3) is 3.29. The van der Waals surface area contributed by atoms with E-state index in [0.717, 1.165) is 5.56 Å². The van der Waals surface area contributed by atoms with Crippen LogP contribution in [0.4, 0.5) is 4.79 Å². The number of urea groups is 1. The van der Waals surface area contributed by atoms with E-state index in [9.17, 15) is 14.4 Å². The molecule has 0 unspecified atom stereocenters. The summed E-state index contributed by atoms with van der Waals surface area (Å²) in [6.07, 6.45) is 0.367. The maximum absolute atomic E-state index is 12.1. The number of furan rings is 1. The summed E-state index contributed by atoms with van der Waals surface area (Å²) in [6.45, 7) is 3.46. The summed E-state index contributed by atoms with van der Waals surface area (Å²) in [7, 11) is 0. The van der Waals surface area contributed by atoms with Gasteiger partial charge >= 0.3 is 12.0 Å². The molecule has 0 bridgehead atoms. The minimum atomic E-state index is -0.581. The molecule has 124 valence electrons. The van der Waals surface area contributed by atoms with Crippen LogP contribution in [0.2, 0.25) is 0 Å². The van der Waals surface area contributed by atoms with E-state index >= 15 is 0 Å². The lowest BCUT2D eigenvalue weighted by atomic mass is 10.1. The lowest BCUT2D eigenvalue weighted by molar-refractivity contribution is -0.120. The van der Waals surface area contributed by atoms with E-state index in [1.54, 1.807) is 44.2 Å². The molecule has 1 aliphatic rings. The second-order valence-electron chi connectivity index (χ2n) is 5.58. The zero-order chi connectivity index (χ0) is 17.3. The number of hydrogen-bond donors (Lipinski definition) is 2. The summed E-state index contributed by atoms with van der Waals surface area (Å²) < 4.78 is 10.6. The van der Waals surface area contributed by atoms with Crippen LogP contribution in [0.15, 0.2) is 34.7 Å². The highest BCUT2D eigenvalue weighted by Gasteiger charge is 2.29. The minimum absolute atomic E-state index is 0.346. The van der Waals surface area contributed by atoms with Crippen LogP contribution in [0.3, 0.4) is 0 Å². The Bertz CT molecular complexity index is 807. The molecule has 1 atom stereocenters. The number of carbonyl (C=O) groups is 3. The molecule has 2 heterocycles. The van der Waals surface area contributed by atoms with Gasteiger partial charge in [-0.15, -0.1) is 0 Å². The Morgan fingerprint density at radius 2 is 1.92 bits per heavy atom. The van der Waals surface area contributed by atoms with E-state index in [1.807, 2.05) is 0 Å². The van der Waals surface area contributed by atoms with Gasteiger partial charge in [-0.05, 0) is 37.6 Å². The first-order chi connectivity index (χ1) is 11.4. The maximum atomic E-state index is 12.1. The summed E-state index contributed by atoms with van der Waals surface area (Å²) in [5.74, 6) is 0.714. The Balaban J connectivity index is 1.64. The highest BCUT2D eigenvalue weighted by Crippen LogP contribution is 2.19. The smallest absolute Gasteiger partial charge is 0.347 e. The lowest BCUT2D eigenvalue weighted by Crippen LogP contribution is -2.31. The molecule has 3 rings (SSSR count). The first kappa shape index (κ1) is 15.8. The highest BCUT2D eigenvalue weighted by molar-refractivity contribution is 6.04. The van der Waals surface area contributed by atoms with E-state index < -0.39 is 18.0 Å². The van der Waals surface area contributed by atoms with Crippen molar-refractivity contribution >= 4 is 17.9 Å². The molecule has 0 spiro atoms. The number of ether oxygens (including phenoxy) is 1. The second-order valence-corrected chi connectivity index (χ2v) is 5.58. The number of amides is 3. The standard InChI is InChI=1S/C17H16N2O5/c1-9-7-13(10(2)23-9)16(21)24-12-5-3-11(4-6-12)8-14-15(20)19-17(22)18-14/h3-7,14H,8H2,1-2H3,(H2,18,19,20,22)/t14-/m0/s1. The van der Waals surface area contributed by atoms with Gasteiger partial charge in [0.2, 0.25) is 0 Å². The van der Waals surface area contributed by atoms with Crippen molar-refractivity contribution < 1.29 is 23.5 Å². The maximum Gasteiger partial charge on any atom is 0.347 e. The third-order valence-corrected chi connectivity index (χ3v) is 3.69. The molecule has 1 aromatic heterocycles. The first-order valence-electron chi connectivity index (χ1n) is 7.42. The number of rotatable bonds is 4. The zero-order valence-electron chi connectivity index (χ0n) is 13.2. The molecule has 0 aliphatic carbocycles.